The summed E-state index contributed by atoms with van der Waals surface area (Å²) in [6.45, 7) is 1.13. The Kier molecular flexibility index (Phi) is 9.31. The second kappa shape index (κ2) is 10.0. The van der Waals surface area contributed by atoms with Gasteiger partial charge in [-0.25, -0.2) is 0 Å². The van der Waals surface area contributed by atoms with Crippen molar-refractivity contribution >= 4 is 11.9 Å². The molecule has 7 heteroatoms. The second-order valence-electron chi connectivity index (χ2n) is 3.52. The van der Waals surface area contributed by atoms with Crippen LogP contribution < -0.4 is 11.1 Å². The molecule has 0 saturated carbocycles. The van der Waals surface area contributed by atoms with Crippen molar-refractivity contribution in [2.45, 2.75) is 25.3 Å². The molecule has 0 fully saturated rings. The lowest BCUT2D eigenvalue weighted by Crippen LogP contribution is -2.41. The average Bonchev–Trinajstić information content (AvgIpc) is 2.30. The standard InChI is InChI=1S/C10H20N2O5/c11-8(2-3-9(14)15)10(16)12-4-1-6-17-7-5-13/h8,13H,1-7,11H2,(H,12,16)(H,14,15). The van der Waals surface area contributed by atoms with Gasteiger partial charge in [0.2, 0.25) is 5.91 Å². The molecule has 0 aromatic carbocycles. The first-order valence-corrected chi connectivity index (χ1v) is 5.51. The van der Waals surface area contributed by atoms with Gasteiger partial charge in [-0.05, 0) is 12.8 Å². The maximum absolute atomic E-state index is 11.3. The molecule has 7 nitrogen and oxygen atoms in total. The quantitative estimate of drug-likeness (QED) is 0.356. The van der Waals surface area contributed by atoms with Crippen LogP contribution in [0.1, 0.15) is 19.3 Å². The Bertz CT molecular complexity index is 235. The molecule has 1 unspecified atom stereocenters. The summed E-state index contributed by atoms with van der Waals surface area (Å²) in [7, 11) is 0. The van der Waals surface area contributed by atoms with Crippen LogP contribution in [0.3, 0.4) is 0 Å². The number of ether oxygens (including phenoxy) is 1. The van der Waals surface area contributed by atoms with Crippen molar-refractivity contribution in [3.8, 4) is 0 Å². The van der Waals surface area contributed by atoms with Crippen molar-refractivity contribution in [2.75, 3.05) is 26.4 Å². The number of aliphatic hydroxyl groups excluding tert-OH is 1. The van der Waals surface area contributed by atoms with Gasteiger partial charge in [-0.2, -0.15) is 0 Å². The van der Waals surface area contributed by atoms with Gasteiger partial charge in [0, 0.05) is 19.6 Å². The zero-order chi connectivity index (χ0) is 13.1. The Morgan fingerprint density at radius 1 is 1.35 bits per heavy atom. The van der Waals surface area contributed by atoms with Gasteiger partial charge in [0.05, 0.1) is 19.3 Å². The lowest BCUT2D eigenvalue weighted by atomic mass is 10.1. The van der Waals surface area contributed by atoms with Crippen LogP contribution in [0, 0.1) is 0 Å². The fourth-order valence-electron chi connectivity index (χ4n) is 1.09. The number of carbonyl (C=O) groups excluding carboxylic acids is 1. The lowest BCUT2D eigenvalue weighted by Gasteiger charge is -2.11. The summed E-state index contributed by atoms with van der Waals surface area (Å²) in [6.07, 6.45) is 0.633. The molecule has 0 aliphatic carbocycles. The van der Waals surface area contributed by atoms with Gasteiger partial charge in [0.15, 0.2) is 0 Å². The number of carbonyl (C=O) groups is 2. The third-order valence-corrected chi connectivity index (χ3v) is 2.01. The van der Waals surface area contributed by atoms with Crippen LogP contribution in [0.4, 0.5) is 0 Å². The van der Waals surface area contributed by atoms with E-state index in [0.717, 1.165) is 0 Å². The normalized spacial score (nSPS) is 12.1. The number of hydrogen-bond donors (Lipinski definition) is 4. The Balaban J connectivity index is 3.47. The topological polar surface area (TPSA) is 122 Å². The highest BCUT2D eigenvalue weighted by molar-refractivity contribution is 5.82. The number of aliphatic hydroxyl groups is 1. The van der Waals surface area contributed by atoms with E-state index in [0.29, 0.717) is 19.6 Å². The number of amides is 1. The van der Waals surface area contributed by atoms with E-state index in [-0.39, 0.29) is 32.0 Å². The first-order valence-electron chi connectivity index (χ1n) is 5.51. The summed E-state index contributed by atoms with van der Waals surface area (Å²) in [6, 6.07) is -0.788. The number of aliphatic carboxylic acids is 1. The van der Waals surface area contributed by atoms with E-state index < -0.39 is 12.0 Å². The van der Waals surface area contributed by atoms with E-state index in [4.69, 9.17) is 20.7 Å². The van der Waals surface area contributed by atoms with Crippen molar-refractivity contribution in [3.63, 3.8) is 0 Å². The minimum absolute atomic E-state index is 0.0214. The first-order chi connectivity index (χ1) is 8.07. The molecule has 0 spiro atoms. The van der Waals surface area contributed by atoms with Crippen LogP contribution in [-0.4, -0.2) is 54.5 Å². The van der Waals surface area contributed by atoms with Crippen molar-refractivity contribution in [1.82, 2.24) is 5.32 Å². The molecular formula is C10H20N2O5. The number of carboxylic acids is 1. The van der Waals surface area contributed by atoms with Gasteiger partial charge in [-0.1, -0.05) is 0 Å². The third kappa shape index (κ3) is 9.73. The minimum atomic E-state index is -0.967. The molecule has 17 heavy (non-hydrogen) atoms. The van der Waals surface area contributed by atoms with Gasteiger partial charge >= 0.3 is 5.97 Å². The molecule has 100 valence electrons. The van der Waals surface area contributed by atoms with Gasteiger partial charge in [0.1, 0.15) is 0 Å². The summed E-state index contributed by atoms with van der Waals surface area (Å²) in [5, 5.41) is 19.4. The van der Waals surface area contributed by atoms with Crippen LogP contribution in [0.2, 0.25) is 0 Å². The molecule has 1 atom stereocenters. The highest BCUT2D eigenvalue weighted by atomic mass is 16.5. The molecule has 0 radical (unpaired) electrons. The number of nitrogens with two attached hydrogens (primary N) is 1. The number of rotatable bonds is 10. The number of nitrogens with one attached hydrogen (secondary N) is 1. The van der Waals surface area contributed by atoms with Gasteiger partial charge in [0.25, 0.3) is 0 Å². The molecule has 5 N–H and O–H groups in total. The number of hydrogen-bond acceptors (Lipinski definition) is 5. The Hall–Kier alpha value is -1.18. The zero-order valence-corrected chi connectivity index (χ0v) is 9.72. The molecule has 0 aliphatic heterocycles. The highest BCUT2D eigenvalue weighted by Gasteiger charge is 2.13. The SMILES string of the molecule is NC(CCC(=O)O)C(=O)NCCCOCCO. The maximum atomic E-state index is 11.3. The predicted octanol–water partition coefficient (Wildman–Crippen LogP) is -1.31. The minimum Gasteiger partial charge on any atom is -0.481 e. The van der Waals surface area contributed by atoms with Crippen molar-refractivity contribution in [3.05, 3.63) is 0 Å². The molecule has 0 heterocycles. The van der Waals surface area contributed by atoms with Crippen LogP contribution in [0.25, 0.3) is 0 Å². The Morgan fingerprint density at radius 2 is 2.06 bits per heavy atom. The Morgan fingerprint density at radius 3 is 2.65 bits per heavy atom. The zero-order valence-electron chi connectivity index (χ0n) is 9.72. The van der Waals surface area contributed by atoms with Crippen molar-refractivity contribution in [1.29, 1.82) is 0 Å². The molecular weight excluding hydrogens is 228 g/mol. The molecule has 0 aromatic rings. The van der Waals surface area contributed by atoms with Crippen LogP contribution in [-0.2, 0) is 14.3 Å². The average molecular weight is 248 g/mol. The summed E-state index contributed by atoms with van der Waals surface area (Å²) in [5.74, 6) is -1.32. The molecule has 0 aliphatic rings. The monoisotopic (exact) mass is 248 g/mol. The molecule has 0 bridgehead atoms. The van der Waals surface area contributed by atoms with E-state index in [1.54, 1.807) is 0 Å². The molecule has 1 amide bonds. The van der Waals surface area contributed by atoms with E-state index in [1.807, 2.05) is 0 Å². The van der Waals surface area contributed by atoms with Crippen molar-refractivity contribution < 1.29 is 24.5 Å². The van der Waals surface area contributed by atoms with E-state index in [1.165, 1.54) is 0 Å². The van der Waals surface area contributed by atoms with E-state index >= 15 is 0 Å². The summed E-state index contributed by atoms with van der Waals surface area (Å²) in [5.41, 5.74) is 5.49. The summed E-state index contributed by atoms with van der Waals surface area (Å²) < 4.78 is 4.99. The molecule has 0 rings (SSSR count). The molecule has 0 aromatic heterocycles. The van der Waals surface area contributed by atoms with Crippen LogP contribution >= 0.6 is 0 Å². The summed E-state index contributed by atoms with van der Waals surface area (Å²) in [4.78, 5) is 21.6. The fourth-order valence-corrected chi connectivity index (χ4v) is 1.09. The van der Waals surface area contributed by atoms with Crippen LogP contribution in [0.5, 0.6) is 0 Å². The highest BCUT2D eigenvalue weighted by Crippen LogP contribution is 1.94. The molecule has 0 saturated heterocycles. The summed E-state index contributed by atoms with van der Waals surface area (Å²) >= 11 is 0. The smallest absolute Gasteiger partial charge is 0.303 e. The van der Waals surface area contributed by atoms with Gasteiger partial charge < -0.3 is 26.0 Å². The van der Waals surface area contributed by atoms with E-state index in [2.05, 4.69) is 5.32 Å². The van der Waals surface area contributed by atoms with Gasteiger partial charge in [-0.3, -0.25) is 9.59 Å². The Labute approximate surface area is 99.9 Å². The fraction of sp³-hybridized carbons (Fsp3) is 0.800. The maximum Gasteiger partial charge on any atom is 0.303 e. The lowest BCUT2D eigenvalue weighted by molar-refractivity contribution is -0.137. The first kappa shape index (κ1) is 15.8. The van der Waals surface area contributed by atoms with E-state index in [9.17, 15) is 9.59 Å². The van der Waals surface area contributed by atoms with Gasteiger partial charge in [-0.15, -0.1) is 0 Å². The second-order valence-corrected chi connectivity index (χ2v) is 3.52. The largest absolute Gasteiger partial charge is 0.481 e. The number of carboxylic acid groups (broad SMARTS) is 1. The predicted molar refractivity (Wildman–Crippen MR) is 60.4 cm³/mol. The van der Waals surface area contributed by atoms with Crippen LogP contribution in [0.15, 0.2) is 0 Å². The van der Waals surface area contributed by atoms with Crippen molar-refractivity contribution in [2.24, 2.45) is 5.73 Å². The third-order valence-electron chi connectivity index (χ3n) is 2.01.